The van der Waals surface area contributed by atoms with E-state index in [-0.39, 0.29) is 29.3 Å². The van der Waals surface area contributed by atoms with Crippen molar-refractivity contribution in [3.8, 4) is 0 Å². The quantitative estimate of drug-likeness (QED) is 0.606. The maximum absolute atomic E-state index is 12.0. The second kappa shape index (κ2) is 5.61. The number of anilines is 1. The lowest BCUT2D eigenvalue weighted by Crippen LogP contribution is -2.27. The van der Waals surface area contributed by atoms with E-state index in [4.69, 9.17) is 14.9 Å². The van der Waals surface area contributed by atoms with Crippen LogP contribution >= 0.6 is 0 Å². The van der Waals surface area contributed by atoms with E-state index in [9.17, 15) is 13.2 Å². The summed E-state index contributed by atoms with van der Waals surface area (Å²) in [5.41, 5.74) is 5.02. The lowest BCUT2D eigenvalue weighted by molar-refractivity contribution is 0.204. The molecule has 3 N–H and O–H groups in total. The van der Waals surface area contributed by atoms with Gasteiger partial charge in [-0.2, -0.15) is 0 Å². The van der Waals surface area contributed by atoms with E-state index in [2.05, 4.69) is 4.72 Å². The summed E-state index contributed by atoms with van der Waals surface area (Å²) >= 11 is 0. The minimum absolute atomic E-state index is 0.0642. The van der Waals surface area contributed by atoms with Crippen molar-refractivity contribution in [1.29, 1.82) is 0 Å². The van der Waals surface area contributed by atoms with Crippen LogP contribution < -0.4 is 16.1 Å². The summed E-state index contributed by atoms with van der Waals surface area (Å²) in [5, 5.41) is 0.441. The highest BCUT2D eigenvalue weighted by Crippen LogP contribution is 2.19. The molecule has 0 aliphatic carbocycles. The molecule has 0 unspecified atom stereocenters. The Labute approximate surface area is 115 Å². The molecule has 0 radical (unpaired) electrons. The van der Waals surface area contributed by atoms with Gasteiger partial charge in [-0.15, -0.1) is 0 Å². The van der Waals surface area contributed by atoms with E-state index in [1.54, 1.807) is 0 Å². The molecule has 8 heteroatoms. The zero-order valence-electron chi connectivity index (χ0n) is 10.8. The van der Waals surface area contributed by atoms with Gasteiger partial charge >= 0.3 is 5.63 Å². The second-order valence-electron chi connectivity index (χ2n) is 4.08. The molecule has 2 rings (SSSR count). The van der Waals surface area contributed by atoms with E-state index >= 15 is 0 Å². The number of nitrogens with two attached hydrogens (primary N) is 1. The largest absolute Gasteiger partial charge is 0.421 e. The molecule has 20 heavy (non-hydrogen) atoms. The normalized spacial score (nSPS) is 11.8. The lowest BCUT2D eigenvalue weighted by Gasteiger charge is -2.07. The average molecular weight is 298 g/mol. The second-order valence-corrected chi connectivity index (χ2v) is 5.85. The number of fused-ring (bicyclic) bond motifs is 1. The fourth-order valence-electron chi connectivity index (χ4n) is 1.65. The maximum Gasteiger partial charge on any atom is 0.359 e. The third kappa shape index (κ3) is 2.98. The van der Waals surface area contributed by atoms with Gasteiger partial charge < -0.3 is 14.9 Å². The molecule has 0 atom stereocenters. The summed E-state index contributed by atoms with van der Waals surface area (Å²) in [5.74, 6) is 0. The van der Waals surface area contributed by atoms with E-state index in [1.807, 2.05) is 0 Å². The summed E-state index contributed by atoms with van der Waals surface area (Å²) in [7, 11) is -2.16. The Kier molecular flexibility index (Phi) is 4.07. The molecule has 1 aromatic heterocycles. The number of nitrogen functional groups attached to an aromatic ring is 1. The maximum atomic E-state index is 12.0. The monoisotopic (exact) mass is 298 g/mol. The molecule has 0 aliphatic rings. The van der Waals surface area contributed by atoms with Crippen LogP contribution in [-0.4, -0.2) is 28.7 Å². The van der Waals surface area contributed by atoms with Crippen molar-refractivity contribution in [1.82, 2.24) is 4.72 Å². The van der Waals surface area contributed by atoms with Gasteiger partial charge in [0.25, 0.3) is 0 Å². The predicted molar refractivity (Wildman–Crippen MR) is 74.0 cm³/mol. The number of methoxy groups -OCH3 is 1. The molecule has 108 valence electrons. The molecule has 0 saturated carbocycles. The first kappa shape index (κ1) is 14.5. The summed E-state index contributed by atoms with van der Waals surface area (Å²) in [6, 6.07) is 5.55. The Morgan fingerprint density at radius 1 is 1.35 bits per heavy atom. The molecule has 0 amide bonds. The van der Waals surface area contributed by atoms with Crippen LogP contribution in [0.3, 0.4) is 0 Å². The van der Waals surface area contributed by atoms with Crippen LogP contribution in [-0.2, 0) is 14.8 Å². The van der Waals surface area contributed by atoms with E-state index in [0.717, 1.165) is 0 Å². The van der Waals surface area contributed by atoms with Crippen molar-refractivity contribution in [2.24, 2.45) is 0 Å². The van der Waals surface area contributed by atoms with Gasteiger partial charge in [0, 0.05) is 19.0 Å². The molecule has 1 heterocycles. The highest BCUT2D eigenvalue weighted by Gasteiger charge is 2.14. The number of nitrogens with one attached hydrogen (secondary N) is 1. The standard InChI is InChI=1S/C12H14N2O5S/c1-18-5-4-14-20(16,17)9-2-3-11-8(6-9)7-10(13)12(15)19-11/h2-3,6-7,14H,4-5,13H2,1H3. The first-order valence-corrected chi connectivity index (χ1v) is 7.24. The topological polar surface area (TPSA) is 112 Å². The Bertz CT molecular complexity index is 782. The Morgan fingerprint density at radius 3 is 2.80 bits per heavy atom. The van der Waals surface area contributed by atoms with Crippen LogP contribution in [0, 0.1) is 0 Å². The Morgan fingerprint density at radius 2 is 2.10 bits per heavy atom. The number of rotatable bonds is 5. The molecule has 0 spiro atoms. The number of hydrogen-bond donors (Lipinski definition) is 2. The molecule has 0 saturated heterocycles. The number of hydrogen-bond acceptors (Lipinski definition) is 6. The van der Waals surface area contributed by atoms with Gasteiger partial charge in [0.05, 0.1) is 11.5 Å². The molecule has 1 aromatic carbocycles. The Balaban J connectivity index is 2.41. The van der Waals surface area contributed by atoms with Gasteiger partial charge in [0.2, 0.25) is 10.0 Å². The molecule has 0 aliphatic heterocycles. The van der Waals surface area contributed by atoms with Crippen molar-refractivity contribution < 1.29 is 17.6 Å². The zero-order chi connectivity index (χ0) is 14.8. The van der Waals surface area contributed by atoms with Crippen molar-refractivity contribution in [2.75, 3.05) is 26.0 Å². The first-order valence-electron chi connectivity index (χ1n) is 5.76. The summed E-state index contributed by atoms with van der Waals surface area (Å²) < 4.78 is 36.1. The third-order valence-corrected chi connectivity index (χ3v) is 4.10. The van der Waals surface area contributed by atoms with Gasteiger partial charge in [-0.25, -0.2) is 17.9 Å². The van der Waals surface area contributed by atoms with Gasteiger partial charge in [0.1, 0.15) is 11.3 Å². The lowest BCUT2D eigenvalue weighted by atomic mass is 10.2. The zero-order valence-corrected chi connectivity index (χ0v) is 11.6. The van der Waals surface area contributed by atoms with Crippen molar-refractivity contribution in [3.05, 3.63) is 34.7 Å². The van der Waals surface area contributed by atoms with Crippen molar-refractivity contribution in [2.45, 2.75) is 4.90 Å². The Hall–Kier alpha value is -1.90. The van der Waals surface area contributed by atoms with Gasteiger partial charge in [-0.3, -0.25) is 0 Å². The fourth-order valence-corrected chi connectivity index (χ4v) is 2.69. The SMILES string of the molecule is COCCNS(=O)(=O)c1ccc2oc(=O)c(N)cc2c1. The van der Waals surface area contributed by atoms with E-state index in [0.29, 0.717) is 5.39 Å². The fraction of sp³-hybridized carbons (Fsp3) is 0.250. The molecule has 0 fully saturated rings. The minimum atomic E-state index is -3.64. The molecule has 7 nitrogen and oxygen atoms in total. The molecule has 2 aromatic rings. The minimum Gasteiger partial charge on any atom is -0.421 e. The summed E-state index contributed by atoms with van der Waals surface area (Å²) in [6.07, 6.45) is 0. The van der Waals surface area contributed by atoms with Crippen molar-refractivity contribution >= 4 is 26.7 Å². The van der Waals surface area contributed by atoms with Crippen LogP contribution in [0.25, 0.3) is 11.0 Å². The van der Waals surface area contributed by atoms with E-state index in [1.165, 1.54) is 31.4 Å². The van der Waals surface area contributed by atoms with Gasteiger partial charge in [-0.1, -0.05) is 0 Å². The molecule has 0 bridgehead atoms. The smallest absolute Gasteiger partial charge is 0.359 e. The number of ether oxygens (including phenoxy) is 1. The highest BCUT2D eigenvalue weighted by molar-refractivity contribution is 7.89. The van der Waals surface area contributed by atoms with Crippen LogP contribution in [0.2, 0.25) is 0 Å². The van der Waals surface area contributed by atoms with E-state index < -0.39 is 15.6 Å². The predicted octanol–water partition coefficient (Wildman–Crippen LogP) is 0.300. The molecular weight excluding hydrogens is 284 g/mol. The average Bonchev–Trinajstić information content (AvgIpc) is 2.39. The summed E-state index contributed by atoms with van der Waals surface area (Å²) in [4.78, 5) is 11.3. The van der Waals surface area contributed by atoms with Gasteiger partial charge in [-0.05, 0) is 24.3 Å². The van der Waals surface area contributed by atoms with Crippen LogP contribution in [0.4, 0.5) is 5.69 Å². The van der Waals surface area contributed by atoms with Crippen molar-refractivity contribution in [3.63, 3.8) is 0 Å². The van der Waals surface area contributed by atoms with Crippen LogP contribution in [0.1, 0.15) is 0 Å². The summed E-state index contributed by atoms with van der Waals surface area (Å²) in [6.45, 7) is 0.442. The third-order valence-electron chi connectivity index (χ3n) is 2.64. The molecular formula is C12H14N2O5S. The van der Waals surface area contributed by atoms with Crippen LogP contribution in [0.15, 0.2) is 38.4 Å². The highest BCUT2D eigenvalue weighted by atomic mass is 32.2. The number of benzene rings is 1. The first-order chi connectivity index (χ1) is 9.44. The number of sulfonamides is 1. The van der Waals surface area contributed by atoms with Gasteiger partial charge in [0.15, 0.2) is 0 Å². The van der Waals surface area contributed by atoms with Crippen LogP contribution in [0.5, 0.6) is 0 Å².